The monoisotopic (exact) mass is 411 g/mol. The summed E-state index contributed by atoms with van der Waals surface area (Å²) >= 11 is 5.86. The minimum atomic E-state index is -4.76. The van der Waals surface area contributed by atoms with E-state index in [1.54, 1.807) is 6.20 Å². The molecule has 2 heterocycles. The van der Waals surface area contributed by atoms with Crippen molar-refractivity contribution in [2.45, 2.75) is 25.9 Å². The first kappa shape index (κ1) is 19.9. The molecule has 148 valence electrons. The standard InChI is InChI=1S/C18H17ClF3N5O/c1-11-12(9-24-26-11)4-3-7-23-17(28)15-10-25-27(16(15)18(20,21)22)14-6-2-5-13(19)8-14/h2,5-6,8-10H,3-4,7H2,1H3,(H,23,28)(H,24,26). The van der Waals surface area contributed by atoms with Crippen molar-refractivity contribution in [3.05, 3.63) is 64.2 Å². The van der Waals surface area contributed by atoms with Crippen molar-refractivity contribution < 1.29 is 18.0 Å². The van der Waals surface area contributed by atoms with Crippen LogP contribution in [0.3, 0.4) is 0 Å². The number of hydrogen-bond acceptors (Lipinski definition) is 3. The Morgan fingerprint density at radius 3 is 2.75 bits per heavy atom. The largest absolute Gasteiger partial charge is 0.434 e. The maximum Gasteiger partial charge on any atom is 0.434 e. The average molecular weight is 412 g/mol. The Morgan fingerprint density at radius 1 is 1.32 bits per heavy atom. The van der Waals surface area contributed by atoms with Gasteiger partial charge in [-0.2, -0.15) is 23.4 Å². The van der Waals surface area contributed by atoms with E-state index in [4.69, 9.17) is 11.6 Å². The molecular weight excluding hydrogens is 395 g/mol. The number of aryl methyl sites for hydroxylation is 2. The third-order valence-corrected chi connectivity index (χ3v) is 4.41. The predicted molar refractivity (Wildman–Crippen MR) is 97.6 cm³/mol. The van der Waals surface area contributed by atoms with Crippen LogP contribution in [-0.2, 0) is 12.6 Å². The van der Waals surface area contributed by atoms with Gasteiger partial charge in [0.25, 0.3) is 5.91 Å². The zero-order valence-electron chi connectivity index (χ0n) is 14.8. The van der Waals surface area contributed by atoms with Crippen LogP contribution in [0.25, 0.3) is 5.69 Å². The van der Waals surface area contributed by atoms with E-state index in [0.29, 0.717) is 17.5 Å². The van der Waals surface area contributed by atoms with Crippen LogP contribution in [0.1, 0.15) is 33.7 Å². The van der Waals surface area contributed by atoms with Crippen molar-refractivity contribution >= 4 is 17.5 Å². The van der Waals surface area contributed by atoms with Gasteiger partial charge < -0.3 is 5.32 Å². The summed E-state index contributed by atoms with van der Waals surface area (Å²) in [6, 6.07) is 5.83. The van der Waals surface area contributed by atoms with Gasteiger partial charge in [-0.1, -0.05) is 17.7 Å². The fourth-order valence-electron chi connectivity index (χ4n) is 2.79. The van der Waals surface area contributed by atoms with Crippen LogP contribution in [0.15, 0.2) is 36.7 Å². The first-order chi connectivity index (χ1) is 13.3. The number of hydrogen-bond donors (Lipinski definition) is 2. The lowest BCUT2D eigenvalue weighted by Gasteiger charge is -2.13. The first-order valence-electron chi connectivity index (χ1n) is 8.45. The molecule has 0 saturated carbocycles. The molecule has 3 aromatic rings. The quantitative estimate of drug-likeness (QED) is 0.603. The second kappa shape index (κ2) is 8.05. The average Bonchev–Trinajstić information content (AvgIpc) is 3.25. The fourth-order valence-corrected chi connectivity index (χ4v) is 2.98. The number of carbonyl (C=O) groups excluding carboxylic acids is 1. The van der Waals surface area contributed by atoms with E-state index in [1.165, 1.54) is 24.3 Å². The normalized spacial score (nSPS) is 11.6. The molecule has 0 saturated heterocycles. The molecule has 1 amide bonds. The highest BCUT2D eigenvalue weighted by atomic mass is 35.5. The number of alkyl halides is 3. The Balaban J connectivity index is 1.75. The van der Waals surface area contributed by atoms with Crippen molar-refractivity contribution in [2.75, 3.05) is 6.54 Å². The van der Waals surface area contributed by atoms with Crippen LogP contribution in [-0.4, -0.2) is 32.4 Å². The van der Waals surface area contributed by atoms with Gasteiger partial charge in [-0.25, -0.2) is 4.68 Å². The van der Waals surface area contributed by atoms with Gasteiger partial charge >= 0.3 is 6.18 Å². The summed E-state index contributed by atoms with van der Waals surface area (Å²) in [4.78, 5) is 12.3. The summed E-state index contributed by atoms with van der Waals surface area (Å²) in [5.74, 6) is -0.829. The summed E-state index contributed by atoms with van der Waals surface area (Å²) in [6.07, 6.45) is -0.945. The van der Waals surface area contributed by atoms with Gasteiger partial charge in [-0.15, -0.1) is 0 Å². The van der Waals surface area contributed by atoms with E-state index in [2.05, 4.69) is 20.6 Å². The van der Waals surface area contributed by atoms with Crippen molar-refractivity contribution in [3.8, 4) is 5.69 Å². The second-order valence-electron chi connectivity index (χ2n) is 6.18. The Hall–Kier alpha value is -2.81. The number of aromatic amines is 1. The Bertz CT molecular complexity index is 980. The lowest BCUT2D eigenvalue weighted by atomic mass is 10.1. The van der Waals surface area contributed by atoms with Crippen molar-refractivity contribution in [2.24, 2.45) is 0 Å². The Morgan fingerprint density at radius 2 is 2.11 bits per heavy atom. The molecule has 28 heavy (non-hydrogen) atoms. The number of nitrogens with zero attached hydrogens (tertiary/aromatic N) is 3. The molecule has 0 bridgehead atoms. The zero-order valence-corrected chi connectivity index (χ0v) is 15.6. The van der Waals surface area contributed by atoms with E-state index in [9.17, 15) is 18.0 Å². The van der Waals surface area contributed by atoms with Crippen LogP contribution in [0.5, 0.6) is 0 Å². The maximum absolute atomic E-state index is 13.6. The molecule has 0 aliphatic heterocycles. The van der Waals surface area contributed by atoms with Crippen molar-refractivity contribution in [1.82, 2.24) is 25.3 Å². The van der Waals surface area contributed by atoms with Crippen LogP contribution in [0.2, 0.25) is 5.02 Å². The number of nitrogens with one attached hydrogen (secondary N) is 2. The number of carbonyl (C=O) groups is 1. The van der Waals surface area contributed by atoms with Gasteiger partial charge in [0, 0.05) is 17.3 Å². The maximum atomic E-state index is 13.6. The van der Waals surface area contributed by atoms with Crippen LogP contribution >= 0.6 is 11.6 Å². The Kier molecular flexibility index (Phi) is 5.73. The highest BCUT2D eigenvalue weighted by Gasteiger charge is 2.40. The zero-order chi connectivity index (χ0) is 20.3. The van der Waals surface area contributed by atoms with Crippen LogP contribution < -0.4 is 5.32 Å². The third kappa shape index (κ3) is 4.36. The number of halogens is 4. The predicted octanol–water partition coefficient (Wildman–Crippen LogP) is 3.94. The third-order valence-electron chi connectivity index (χ3n) is 4.18. The van der Waals surface area contributed by atoms with Gasteiger partial charge in [-0.05, 0) is 43.5 Å². The summed E-state index contributed by atoms with van der Waals surface area (Å²) in [5, 5.41) is 13.3. The first-order valence-corrected chi connectivity index (χ1v) is 8.83. The summed E-state index contributed by atoms with van der Waals surface area (Å²) in [5.41, 5.74) is 0.367. The van der Waals surface area contributed by atoms with Gasteiger partial charge in [-0.3, -0.25) is 9.89 Å². The number of H-pyrrole nitrogens is 1. The van der Waals surface area contributed by atoms with Gasteiger partial charge in [0.15, 0.2) is 5.69 Å². The highest BCUT2D eigenvalue weighted by molar-refractivity contribution is 6.30. The van der Waals surface area contributed by atoms with Crippen LogP contribution in [0.4, 0.5) is 13.2 Å². The SMILES string of the molecule is Cc1[nH]ncc1CCCNC(=O)c1cnn(-c2cccc(Cl)c2)c1C(F)(F)F. The molecule has 0 radical (unpaired) electrons. The molecule has 10 heteroatoms. The summed E-state index contributed by atoms with van der Waals surface area (Å²) in [7, 11) is 0. The fraction of sp³-hybridized carbons (Fsp3) is 0.278. The molecular formula is C18H17ClF3N5O. The molecule has 0 atom stereocenters. The number of amides is 1. The van der Waals surface area contributed by atoms with Crippen LogP contribution in [0, 0.1) is 6.92 Å². The summed E-state index contributed by atoms with van der Waals surface area (Å²) < 4.78 is 41.5. The Labute approximate surface area is 163 Å². The van der Waals surface area contributed by atoms with Crippen molar-refractivity contribution in [3.63, 3.8) is 0 Å². The van der Waals surface area contributed by atoms with E-state index < -0.39 is 23.3 Å². The molecule has 2 N–H and O–H groups in total. The number of aromatic nitrogens is 4. The smallest absolute Gasteiger partial charge is 0.352 e. The molecule has 0 aliphatic rings. The van der Waals surface area contributed by atoms with E-state index in [0.717, 1.165) is 17.5 Å². The molecule has 0 fully saturated rings. The number of rotatable bonds is 6. The number of benzene rings is 1. The van der Waals surface area contributed by atoms with E-state index in [1.807, 2.05) is 6.92 Å². The minimum absolute atomic E-state index is 0.120. The lowest BCUT2D eigenvalue weighted by molar-refractivity contribution is -0.143. The second-order valence-corrected chi connectivity index (χ2v) is 6.61. The van der Waals surface area contributed by atoms with Gasteiger partial charge in [0.2, 0.25) is 0 Å². The van der Waals surface area contributed by atoms with Gasteiger partial charge in [0.1, 0.15) is 0 Å². The van der Waals surface area contributed by atoms with E-state index in [-0.39, 0.29) is 17.3 Å². The molecule has 1 aromatic carbocycles. The molecule has 0 aliphatic carbocycles. The summed E-state index contributed by atoms with van der Waals surface area (Å²) in [6.45, 7) is 2.10. The molecule has 2 aromatic heterocycles. The highest BCUT2D eigenvalue weighted by Crippen LogP contribution is 2.34. The topological polar surface area (TPSA) is 75.6 Å². The van der Waals surface area contributed by atoms with Gasteiger partial charge in [0.05, 0.1) is 23.6 Å². The van der Waals surface area contributed by atoms with Crippen molar-refractivity contribution in [1.29, 1.82) is 0 Å². The molecule has 0 unspecified atom stereocenters. The molecule has 0 spiro atoms. The lowest BCUT2D eigenvalue weighted by Crippen LogP contribution is -2.27. The van der Waals surface area contributed by atoms with E-state index >= 15 is 0 Å². The molecule has 3 rings (SSSR count). The molecule has 6 nitrogen and oxygen atoms in total. The minimum Gasteiger partial charge on any atom is -0.352 e.